The lowest BCUT2D eigenvalue weighted by atomic mass is 10.1. The van der Waals surface area contributed by atoms with E-state index in [9.17, 15) is 0 Å². The summed E-state index contributed by atoms with van der Waals surface area (Å²) in [6.07, 6.45) is 0.773. The summed E-state index contributed by atoms with van der Waals surface area (Å²) in [4.78, 5) is 0. The molecular formula is C13H17NO2. The third kappa shape index (κ3) is 2.10. The van der Waals surface area contributed by atoms with E-state index in [2.05, 4.69) is 0 Å². The van der Waals surface area contributed by atoms with Gasteiger partial charge in [-0.2, -0.15) is 0 Å². The van der Waals surface area contributed by atoms with Crippen molar-refractivity contribution < 1.29 is 9.15 Å². The van der Waals surface area contributed by atoms with Crippen LogP contribution in [0.4, 0.5) is 0 Å². The zero-order valence-corrected chi connectivity index (χ0v) is 9.69. The Kier molecular flexibility index (Phi) is 3.27. The van der Waals surface area contributed by atoms with Crippen molar-refractivity contribution >= 4 is 11.0 Å². The predicted octanol–water partition coefficient (Wildman–Crippen LogP) is 2.78. The number of rotatable bonds is 4. The molecule has 0 aliphatic rings. The number of aryl methyl sites for hydroxylation is 1. The van der Waals surface area contributed by atoms with Gasteiger partial charge in [0.15, 0.2) is 0 Å². The Balaban J connectivity index is 2.29. The van der Waals surface area contributed by atoms with Crippen molar-refractivity contribution in [3.05, 3.63) is 35.6 Å². The van der Waals surface area contributed by atoms with Crippen molar-refractivity contribution in [2.24, 2.45) is 5.73 Å². The highest BCUT2D eigenvalue weighted by Gasteiger charge is 2.12. The number of benzene rings is 1. The monoisotopic (exact) mass is 219 g/mol. The number of para-hydroxylation sites is 1. The minimum Gasteiger partial charge on any atom is -0.459 e. The highest BCUT2D eigenvalue weighted by Crippen LogP contribution is 2.26. The first-order chi connectivity index (χ1) is 7.72. The van der Waals surface area contributed by atoms with Crippen molar-refractivity contribution in [2.45, 2.75) is 19.4 Å². The second-order valence-electron chi connectivity index (χ2n) is 4.03. The summed E-state index contributed by atoms with van der Waals surface area (Å²) >= 11 is 0. The molecule has 0 spiro atoms. The number of methoxy groups -OCH3 is 1. The smallest absolute Gasteiger partial charge is 0.137 e. The number of hydrogen-bond acceptors (Lipinski definition) is 3. The molecule has 0 saturated heterocycles. The van der Waals surface area contributed by atoms with Crippen LogP contribution in [-0.4, -0.2) is 13.7 Å². The standard InChI is InChI=1S/C13H17NO2/c1-9-4-3-5-10-8-12(16-13(9)10)11(14)6-7-15-2/h3-5,8,11H,6-7,14H2,1-2H3. The molecule has 1 unspecified atom stereocenters. The zero-order chi connectivity index (χ0) is 11.5. The quantitative estimate of drug-likeness (QED) is 0.860. The van der Waals surface area contributed by atoms with Crippen LogP contribution in [0.1, 0.15) is 23.8 Å². The first kappa shape index (κ1) is 11.2. The van der Waals surface area contributed by atoms with Crippen LogP contribution in [0.15, 0.2) is 28.7 Å². The molecule has 0 aliphatic heterocycles. The van der Waals surface area contributed by atoms with E-state index in [-0.39, 0.29) is 6.04 Å². The molecule has 3 nitrogen and oxygen atoms in total. The molecule has 1 aromatic heterocycles. The van der Waals surface area contributed by atoms with Gasteiger partial charge >= 0.3 is 0 Å². The van der Waals surface area contributed by atoms with Crippen LogP contribution in [0.2, 0.25) is 0 Å². The molecule has 2 N–H and O–H groups in total. The van der Waals surface area contributed by atoms with E-state index in [4.69, 9.17) is 14.9 Å². The van der Waals surface area contributed by atoms with E-state index in [1.807, 2.05) is 31.2 Å². The molecule has 0 saturated carbocycles. The van der Waals surface area contributed by atoms with Gasteiger partial charge in [-0.1, -0.05) is 18.2 Å². The Morgan fingerprint density at radius 1 is 1.44 bits per heavy atom. The number of hydrogen-bond donors (Lipinski definition) is 1. The first-order valence-electron chi connectivity index (χ1n) is 5.46. The van der Waals surface area contributed by atoms with Crippen LogP contribution < -0.4 is 5.73 Å². The van der Waals surface area contributed by atoms with Gasteiger partial charge in [-0.3, -0.25) is 0 Å². The summed E-state index contributed by atoms with van der Waals surface area (Å²) in [6, 6.07) is 8.03. The van der Waals surface area contributed by atoms with E-state index in [0.29, 0.717) is 6.61 Å². The van der Waals surface area contributed by atoms with Crippen molar-refractivity contribution in [1.82, 2.24) is 0 Å². The van der Waals surface area contributed by atoms with Crippen LogP contribution in [0.25, 0.3) is 11.0 Å². The van der Waals surface area contributed by atoms with E-state index in [1.54, 1.807) is 7.11 Å². The summed E-state index contributed by atoms with van der Waals surface area (Å²) in [7, 11) is 1.68. The Bertz CT molecular complexity index is 476. The predicted molar refractivity (Wildman–Crippen MR) is 64.4 cm³/mol. The summed E-state index contributed by atoms with van der Waals surface area (Å²) in [5, 5.41) is 1.11. The van der Waals surface area contributed by atoms with Crippen molar-refractivity contribution in [2.75, 3.05) is 13.7 Å². The van der Waals surface area contributed by atoms with Gasteiger partial charge in [0.25, 0.3) is 0 Å². The third-order valence-corrected chi connectivity index (χ3v) is 2.76. The molecule has 0 aliphatic carbocycles. The number of ether oxygens (including phenoxy) is 1. The molecule has 0 fully saturated rings. The fourth-order valence-electron chi connectivity index (χ4n) is 1.80. The zero-order valence-electron chi connectivity index (χ0n) is 9.69. The lowest BCUT2D eigenvalue weighted by molar-refractivity contribution is 0.185. The summed E-state index contributed by atoms with van der Waals surface area (Å²) in [5.41, 5.74) is 8.10. The molecule has 86 valence electrons. The molecule has 0 bridgehead atoms. The second kappa shape index (κ2) is 4.68. The molecule has 0 radical (unpaired) electrons. The minimum atomic E-state index is -0.0910. The Morgan fingerprint density at radius 2 is 2.25 bits per heavy atom. The SMILES string of the molecule is COCCC(N)c1cc2cccc(C)c2o1. The summed E-state index contributed by atoms with van der Waals surface area (Å²) in [5.74, 6) is 0.835. The fraction of sp³-hybridized carbons (Fsp3) is 0.385. The van der Waals surface area contributed by atoms with Crippen molar-refractivity contribution in [3.8, 4) is 0 Å². The third-order valence-electron chi connectivity index (χ3n) is 2.76. The highest BCUT2D eigenvalue weighted by atomic mass is 16.5. The Morgan fingerprint density at radius 3 is 2.94 bits per heavy atom. The maximum absolute atomic E-state index is 6.02. The van der Waals surface area contributed by atoms with E-state index in [0.717, 1.165) is 28.7 Å². The second-order valence-corrected chi connectivity index (χ2v) is 4.03. The average molecular weight is 219 g/mol. The topological polar surface area (TPSA) is 48.4 Å². The lowest BCUT2D eigenvalue weighted by Crippen LogP contribution is -2.11. The lowest BCUT2D eigenvalue weighted by Gasteiger charge is -2.06. The largest absolute Gasteiger partial charge is 0.459 e. The van der Waals surface area contributed by atoms with Crippen LogP contribution in [0.3, 0.4) is 0 Å². The van der Waals surface area contributed by atoms with Gasteiger partial charge in [-0.05, 0) is 25.0 Å². The van der Waals surface area contributed by atoms with Gasteiger partial charge in [0, 0.05) is 19.1 Å². The highest BCUT2D eigenvalue weighted by molar-refractivity contribution is 5.80. The molecule has 1 atom stereocenters. The van der Waals surface area contributed by atoms with Crippen molar-refractivity contribution in [3.63, 3.8) is 0 Å². The van der Waals surface area contributed by atoms with Crippen LogP contribution >= 0.6 is 0 Å². The number of nitrogens with two attached hydrogens (primary N) is 1. The molecule has 2 rings (SSSR count). The fourth-order valence-corrected chi connectivity index (χ4v) is 1.80. The average Bonchev–Trinajstić information content (AvgIpc) is 2.71. The first-order valence-corrected chi connectivity index (χ1v) is 5.46. The normalized spacial score (nSPS) is 13.2. The van der Waals surface area contributed by atoms with Gasteiger partial charge in [-0.25, -0.2) is 0 Å². The number of furan rings is 1. The van der Waals surface area contributed by atoms with Gasteiger partial charge in [-0.15, -0.1) is 0 Å². The van der Waals surface area contributed by atoms with Gasteiger partial charge < -0.3 is 14.9 Å². The Hall–Kier alpha value is -1.32. The molecule has 3 heteroatoms. The molecule has 1 heterocycles. The van der Waals surface area contributed by atoms with E-state index in [1.165, 1.54) is 0 Å². The number of fused-ring (bicyclic) bond motifs is 1. The molecule has 1 aromatic carbocycles. The van der Waals surface area contributed by atoms with Crippen LogP contribution in [0, 0.1) is 6.92 Å². The van der Waals surface area contributed by atoms with Gasteiger partial charge in [0.2, 0.25) is 0 Å². The molecule has 16 heavy (non-hydrogen) atoms. The van der Waals surface area contributed by atoms with Crippen LogP contribution in [-0.2, 0) is 4.74 Å². The molecule has 2 aromatic rings. The maximum Gasteiger partial charge on any atom is 0.137 e. The molecule has 0 amide bonds. The van der Waals surface area contributed by atoms with Crippen molar-refractivity contribution in [1.29, 1.82) is 0 Å². The maximum atomic E-state index is 6.02. The summed E-state index contributed by atoms with van der Waals surface area (Å²) < 4.78 is 10.8. The van der Waals surface area contributed by atoms with E-state index >= 15 is 0 Å². The minimum absolute atomic E-state index is 0.0910. The van der Waals surface area contributed by atoms with Gasteiger partial charge in [0.05, 0.1) is 6.04 Å². The van der Waals surface area contributed by atoms with E-state index < -0.39 is 0 Å². The summed E-state index contributed by atoms with van der Waals surface area (Å²) in [6.45, 7) is 2.69. The molecular weight excluding hydrogens is 202 g/mol. The Labute approximate surface area is 95.2 Å². The van der Waals surface area contributed by atoms with Gasteiger partial charge in [0.1, 0.15) is 11.3 Å². The van der Waals surface area contributed by atoms with Crippen LogP contribution in [0.5, 0.6) is 0 Å².